The summed E-state index contributed by atoms with van der Waals surface area (Å²) in [6.45, 7) is 2.86. The average Bonchev–Trinajstić information content (AvgIpc) is 3.14. The highest BCUT2D eigenvalue weighted by Crippen LogP contribution is 2.27. The number of H-pyrrole nitrogens is 1. The molecule has 10 nitrogen and oxygen atoms in total. The number of ether oxygens (including phenoxy) is 2. The van der Waals surface area contributed by atoms with E-state index in [9.17, 15) is 14.7 Å². The second-order valence-corrected chi connectivity index (χ2v) is 8.40. The van der Waals surface area contributed by atoms with Crippen LogP contribution < -0.4 is 11.2 Å². The normalized spacial score (nSPS) is 20.4. The van der Waals surface area contributed by atoms with Gasteiger partial charge in [0.2, 0.25) is 0 Å². The van der Waals surface area contributed by atoms with Crippen molar-refractivity contribution < 1.29 is 14.6 Å². The molecule has 10 heteroatoms. The van der Waals surface area contributed by atoms with Crippen LogP contribution >= 0.6 is 0 Å². The van der Waals surface area contributed by atoms with Crippen LogP contribution in [0.5, 0.6) is 0 Å². The Morgan fingerprint density at radius 3 is 2.50 bits per heavy atom. The molecule has 0 radical (unpaired) electrons. The van der Waals surface area contributed by atoms with Gasteiger partial charge in [-0.3, -0.25) is 14.3 Å². The Kier molecular flexibility index (Phi) is 12.1. The molecule has 1 saturated heterocycles. The molecular weight excluding hydrogens is 414 g/mol. The highest BCUT2D eigenvalue weighted by atomic mass is 16.5. The summed E-state index contributed by atoms with van der Waals surface area (Å²) in [5.74, 6) is 0. The van der Waals surface area contributed by atoms with Gasteiger partial charge in [-0.15, -0.1) is 0 Å². The molecule has 32 heavy (non-hydrogen) atoms. The molecule has 0 bridgehead atoms. The number of hydrogen-bond donors (Lipinski definition) is 2. The number of unbranched alkanes of at least 4 members (excludes halogenated alkanes) is 9. The molecule has 0 aromatic carbocycles. The van der Waals surface area contributed by atoms with E-state index >= 15 is 0 Å². The quantitative estimate of drug-likeness (QED) is 0.169. The summed E-state index contributed by atoms with van der Waals surface area (Å²) >= 11 is 0. The second-order valence-electron chi connectivity index (χ2n) is 8.40. The van der Waals surface area contributed by atoms with E-state index in [1.807, 2.05) is 0 Å². The molecule has 180 valence electrons. The minimum Gasteiger partial charge on any atom is -0.390 e. The number of azide groups is 1. The van der Waals surface area contributed by atoms with Gasteiger partial charge in [0.25, 0.3) is 5.56 Å². The van der Waals surface area contributed by atoms with Crippen molar-refractivity contribution in [1.29, 1.82) is 0 Å². The third kappa shape index (κ3) is 8.78. The fourth-order valence-electron chi connectivity index (χ4n) is 3.88. The molecule has 3 atom stereocenters. The lowest BCUT2D eigenvalue weighted by atomic mass is 10.1. The maximum Gasteiger partial charge on any atom is 0.330 e. The second kappa shape index (κ2) is 14.8. The van der Waals surface area contributed by atoms with Crippen LogP contribution in [0.1, 0.15) is 89.3 Å². The van der Waals surface area contributed by atoms with Crippen LogP contribution in [-0.2, 0) is 16.1 Å². The predicted octanol–water partition coefficient (Wildman–Crippen LogP) is 3.93. The number of aliphatic hydroxyl groups excluding tert-OH is 1. The largest absolute Gasteiger partial charge is 0.390 e. The molecular formula is C22H37N5O5. The lowest BCUT2D eigenvalue weighted by Gasteiger charge is -2.15. The van der Waals surface area contributed by atoms with Gasteiger partial charge in [-0.05, 0) is 12.0 Å². The summed E-state index contributed by atoms with van der Waals surface area (Å²) in [4.78, 5) is 29.3. The summed E-state index contributed by atoms with van der Waals surface area (Å²) in [7, 11) is 0. The summed E-state index contributed by atoms with van der Waals surface area (Å²) in [5, 5.41) is 13.5. The van der Waals surface area contributed by atoms with Gasteiger partial charge in [-0.25, -0.2) is 4.79 Å². The summed E-state index contributed by atoms with van der Waals surface area (Å²) in [6.07, 6.45) is 11.7. The van der Waals surface area contributed by atoms with Crippen LogP contribution in [-0.4, -0.2) is 40.0 Å². The Bertz CT molecular complexity index is 833. The van der Waals surface area contributed by atoms with Crippen LogP contribution in [0.4, 0.5) is 0 Å². The van der Waals surface area contributed by atoms with E-state index in [4.69, 9.17) is 15.0 Å². The lowest BCUT2D eigenvalue weighted by molar-refractivity contribution is -0.0154. The molecule has 0 aliphatic carbocycles. The molecule has 1 aliphatic heterocycles. The number of aromatic amines is 1. The molecule has 2 heterocycles. The zero-order valence-electron chi connectivity index (χ0n) is 19.1. The van der Waals surface area contributed by atoms with Crippen LogP contribution in [0.25, 0.3) is 10.4 Å². The number of hydrogen-bond acceptors (Lipinski definition) is 6. The van der Waals surface area contributed by atoms with Gasteiger partial charge in [-0.2, -0.15) is 0 Å². The summed E-state index contributed by atoms with van der Waals surface area (Å²) < 4.78 is 12.5. The highest BCUT2D eigenvalue weighted by molar-refractivity contribution is 5.04. The van der Waals surface area contributed by atoms with Gasteiger partial charge in [0.05, 0.1) is 30.9 Å². The topological polar surface area (TPSA) is 142 Å². The maximum absolute atomic E-state index is 12.2. The van der Waals surface area contributed by atoms with Crippen LogP contribution in [0.3, 0.4) is 0 Å². The van der Waals surface area contributed by atoms with E-state index in [0.29, 0.717) is 12.2 Å². The van der Waals surface area contributed by atoms with Crippen molar-refractivity contribution in [3.63, 3.8) is 0 Å². The lowest BCUT2D eigenvalue weighted by Crippen LogP contribution is -2.34. The van der Waals surface area contributed by atoms with Gasteiger partial charge in [0, 0.05) is 24.1 Å². The van der Waals surface area contributed by atoms with Gasteiger partial charge < -0.3 is 14.6 Å². The summed E-state index contributed by atoms with van der Waals surface area (Å²) in [5.41, 5.74) is 7.65. The van der Waals surface area contributed by atoms with Crippen molar-refractivity contribution in [1.82, 2.24) is 9.55 Å². The van der Waals surface area contributed by atoms with E-state index in [2.05, 4.69) is 21.9 Å². The Morgan fingerprint density at radius 1 is 1.19 bits per heavy atom. The zero-order chi connectivity index (χ0) is 23.2. The molecule has 0 spiro atoms. The predicted molar refractivity (Wildman–Crippen MR) is 121 cm³/mol. The smallest absolute Gasteiger partial charge is 0.330 e. The van der Waals surface area contributed by atoms with Crippen molar-refractivity contribution in [2.45, 2.75) is 103 Å². The fourth-order valence-corrected chi connectivity index (χ4v) is 3.88. The molecule has 1 aliphatic rings. The number of rotatable bonds is 16. The molecule has 1 aromatic rings. The van der Waals surface area contributed by atoms with Crippen molar-refractivity contribution in [2.24, 2.45) is 5.11 Å². The Labute approximate surface area is 188 Å². The number of aliphatic hydroxyl groups is 1. The van der Waals surface area contributed by atoms with Crippen molar-refractivity contribution in [3.05, 3.63) is 43.0 Å². The van der Waals surface area contributed by atoms with E-state index < -0.39 is 29.7 Å². The van der Waals surface area contributed by atoms with E-state index in [-0.39, 0.29) is 19.6 Å². The Morgan fingerprint density at radius 2 is 1.84 bits per heavy atom. The standard InChI is InChI=1S/C22H37N5O5/c1-2-3-4-5-6-7-8-9-10-11-12-31-16-17-15-27(22(30)25-21(17)29)20-13-18(28)19(32-20)14-24-26-23/h15,18-20,28H,2-14,16H2,1H3,(H,25,29,30)/t18-,19+,20+/m0/s1. The molecule has 1 aromatic heterocycles. The highest BCUT2D eigenvalue weighted by Gasteiger charge is 2.35. The molecule has 0 saturated carbocycles. The molecule has 0 amide bonds. The third-order valence-electron chi connectivity index (χ3n) is 5.78. The summed E-state index contributed by atoms with van der Waals surface area (Å²) in [6, 6.07) is 0. The Balaban J connectivity index is 1.71. The first kappa shape index (κ1) is 26.1. The minimum atomic E-state index is -0.861. The van der Waals surface area contributed by atoms with Gasteiger partial charge in [0.15, 0.2) is 0 Å². The minimum absolute atomic E-state index is 0.0267. The van der Waals surface area contributed by atoms with Gasteiger partial charge >= 0.3 is 5.69 Å². The average molecular weight is 452 g/mol. The van der Waals surface area contributed by atoms with E-state index in [1.54, 1.807) is 0 Å². The van der Waals surface area contributed by atoms with Crippen LogP contribution in [0, 0.1) is 0 Å². The molecule has 2 N–H and O–H groups in total. The van der Waals surface area contributed by atoms with Gasteiger partial charge in [-0.1, -0.05) is 69.8 Å². The first-order valence-corrected chi connectivity index (χ1v) is 11.8. The van der Waals surface area contributed by atoms with E-state index in [1.165, 1.54) is 62.1 Å². The SMILES string of the molecule is CCCCCCCCCCCCOCc1cn([C@H]2C[C@H](O)[C@@H](CN=[N+]=[N-])O2)c(=O)[nH]c1=O. The molecule has 1 fully saturated rings. The first-order chi connectivity index (χ1) is 15.6. The molecule has 0 unspecified atom stereocenters. The van der Waals surface area contributed by atoms with E-state index in [0.717, 1.165) is 12.8 Å². The number of nitrogens with one attached hydrogen (secondary N) is 1. The van der Waals surface area contributed by atoms with Crippen LogP contribution in [0.2, 0.25) is 0 Å². The molecule has 2 rings (SSSR count). The third-order valence-corrected chi connectivity index (χ3v) is 5.78. The van der Waals surface area contributed by atoms with Crippen LogP contribution in [0.15, 0.2) is 20.9 Å². The first-order valence-electron chi connectivity index (χ1n) is 11.8. The fraction of sp³-hybridized carbons (Fsp3) is 0.818. The zero-order valence-corrected chi connectivity index (χ0v) is 19.1. The number of nitrogens with zero attached hydrogens (tertiary/aromatic N) is 4. The van der Waals surface area contributed by atoms with Crippen molar-refractivity contribution in [2.75, 3.05) is 13.2 Å². The number of aromatic nitrogens is 2. The van der Waals surface area contributed by atoms with Crippen molar-refractivity contribution in [3.8, 4) is 0 Å². The maximum atomic E-state index is 12.2. The Hall–Kier alpha value is -2.13. The monoisotopic (exact) mass is 451 g/mol. The van der Waals surface area contributed by atoms with Gasteiger partial charge in [0.1, 0.15) is 6.23 Å². The van der Waals surface area contributed by atoms with Crippen molar-refractivity contribution >= 4 is 0 Å².